The van der Waals surface area contributed by atoms with E-state index in [9.17, 15) is 9.18 Å². The molecule has 148 valence electrons. The zero-order valence-electron chi connectivity index (χ0n) is 16.6. The topological polar surface area (TPSA) is 56.6 Å². The first-order valence-corrected chi connectivity index (χ1v) is 9.38. The molecule has 0 bridgehead atoms. The van der Waals surface area contributed by atoms with Crippen LogP contribution in [0.3, 0.4) is 0 Å². The van der Waals surface area contributed by atoms with E-state index in [2.05, 4.69) is 6.07 Å². The quantitative estimate of drug-likeness (QED) is 0.645. The third-order valence-electron chi connectivity index (χ3n) is 4.29. The van der Waals surface area contributed by atoms with Crippen molar-refractivity contribution in [3.8, 4) is 11.8 Å². The van der Waals surface area contributed by atoms with Crippen LogP contribution in [-0.4, -0.2) is 31.6 Å². The number of nitrogens with zero attached hydrogens (tertiary/aromatic N) is 3. The van der Waals surface area contributed by atoms with Crippen LogP contribution < -0.4 is 14.5 Å². The van der Waals surface area contributed by atoms with E-state index >= 15 is 0 Å². The first-order valence-electron chi connectivity index (χ1n) is 9.38. The maximum absolute atomic E-state index is 13.3. The second-order valence-corrected chi connectivity index (χ2v) is 6.58. The van der Waals surface area contributed by atoms with Gasteiger partial charge in [0.2, 0.25) is 5.91 Å². The van der Waals surface area contributed by atoms with Crippen molar-refractivity contribution in [1.29, 1.82) is 5.26 Å². The molecule has 2 aromatic rings. The minimum Gasteiger partial charge on any atom is -0.494 e. The second-order valence-electron chi connectivity index (χ2n) is 6.58. The number of anilines is 2. The van der Waals surface area contributed by atoms with Gasteiger partial charge in [-0.1, -0.05) is 0 Å². The zero-order valence-corrected chi connectivity index (χ0v) is 16.6. The van der Waals surface area contributed by atoms with Crippen LogP contribution in [0.2, 0.25) is 0 Å². The Morgan fingerprint density at radius 2 is 1.71 bits per heavy atom. The fraction of sp³-hybridized carbons (Fsp3) is 0.364. The summed E-state index contributed by atoms with van der Waals surface area (Å²) in [7, 11) is 0. The van der Waals surface area contributed by atoms with Crippen LogP contribution in [0, 0.1) is 17.1 Å². The molecule has 2 rings (SSSR count). The lowest BCUT2D eigenvalue weighted by Crippen LogP contribution is -2.43. The minimum absolute atomic E-state index is 0.0487. The fourth-order valence-electron chi connectivity index (χ4n) is 2.88. The molecule has 0 spiro atoms. The third kappa shape index (κ3) is 5.71. The Labute approximate surface area is 165 Å². The number of hydrogen-bond donors (Lipinski definition) is 0. The first-order chi connectivity index (χ1) is 13.5. The van der Waals surface area contributed by atoms with Crippen LogP contribution in [0.25, 0.3) is 0 Å². The van der Waals surface area contributed by atoms with Gasteiger partial charge in [0, 0.05) is 24.0 Å². The number of benzene rings is 2. The highest BCUT2D eigenvalue weighted by Crippen LogP contribution is 2.22. The summed E-state index contributed by atoms with van der Waals surface area (Å²) in [6, 6.07) is 15.5. The molecular weight excluding hydrogens is 357 g/mol. The molecule has 0 radical (unpaired) electrons. The molecule has 5 nitrogen and oxygen atoms in total. The molecule has 0 heterocycles. The van der Waals surface area contributed by atoms with Crippen molar-refractivity contribution >= 4 is 17.3 Å². The van der Waals surface area contributed by atoms with E-state index in [1.54, 1.807) is 17.0 Å². The molecule has 0 saturated carbocycles. The van der Waals surface area contributed by atoms with Crippen LogP contribution in [0.4, 0.5) is 15.8 Å². The number of rotatable bonds is 9. The summed E-state index contributed by atoms with van der Waals surface area (Å²) in [5.41, 5.74) is 1.49. The molecule has 0 unspecified atom stereocenters. The standard InChI is InChI=1S/C22H26FN3O2/c1-4-28-21-12-10-19(11-13-21)25(15-5-14-24)22(27)16-26(17(2)3)20-8-6-18(23)7-9-20/h6-13,17H,4-5,15-16H2,1-3H3. The Bertz CT molecular complexity index is 798. The van der Waals surface area contributed by atoms with E-state index in [1.807, 2.05) is 49.9 Å². The molecule has 0 aliphatic rings. The Balaban J connectivity index is 2.22. The number of carbonyl (C=O) groups is 1. The molecule has 28 heavy (non-hydrogen) atoms. The van der Waals surface area contributed by atoms with Crippen molar-refractivity contribution in [3.63, 3.8) is 0 Å². The van der Waals surface area contributed by atoms with Gasteiger partial charge in [-0.05, 0) is 69.3 Å². The van der Waals surface area contributed by atoms with Crippen molar-refractivity contribution < 1.29 is 13.9 Å². The van der Waals surface area contributed by atoms with Gasteiger partial charge in [0.15, 0.2) is 0 Å². The van der Waals surface area contributed by atoms with Gasteiger partial charge in [-0.15, -0.1) is 0 Å². The molecule has 0 N–H and O–H groups in total. The maximum atomic E-state index is 13.3. The average molecular weight is 383 g/mol. The number of nitriles is 1. The van der Waals surface area contributed by atoms with Gasteiger partial charge in [-0.2, -0.15) is 5.26 Å². The lowest BCUT2D eigenvalue weighted by molar-refractivity contribution is -0.117. The molecule has 1 amide bonds. The van der Waals surface area contributed by atoms with Crippen LogP contribution >= 0.6 is 0 Å². The summed E-state index contributed by atoms with van der Waals surface area (Å²) in [6.07, 6.45) is 0.233. The van der Waals surface area contributed by atoms with Gasteiger partial charge in [0.05, 0.1) is 25.6 Å². The summed E-state index contributed by atoms with van der Waals surface area (Å²) in [4.78, 5) is 16.6. The lowest BCUT2D eigenvalue weighted by Gasteiger charge is -2.31. The lowest BCUT2D eigenvalue weighted by atomic mass is 10.2. The van der Waals surface area contributed by atoms with E-state index in [-0.39, 0.29) is 30.7 Å². The van der Waals surface area contributed by atoms with Crippen molar-refractivity contribution in [2.45, 2.75) is 33.2 Å². The van der Waals surface area contributed by atoms with E-state index in [0.717, 1.165) is 11.4 Å². The highest BCUT2D eigenvalue weighted by atomic mass is 19.1. The van der Waals surface area contributed by atoms with Crippen molar-refractivity contribution in [2.75, 3.05) is 29.5 Å². The van der Waals surface area contributed by atoms with E-state index in [0.29, 0.717) is 18.8 Å². The Hall–Kier alpha value is -3.07. The predicted molar refractivity (Wildman–Crippen MR) is 109 cm³/mol. The molecule has 2 aromatic carbocycles. The highest BCUT2D eigenvalue weighted by molar-refractivity contribution is 5.96. The molecule has 0 atom stereocenters. The monoisotopic (exact) mass is 383 g/mol. The average Bonchev–Trinajstić information content (AvgIpc) is 2.68. The van der Waals surface area contributed by atoms with Crippen molar-refractivity contribution in [1.82, 2.24) is 0 Å². The number of carbonyl (C=O) groups excluding carboxylic acids is 1. The van der Waals surface area contributed by atoms with Crippen LogP contribution in [0.15, 0.2) is 48.5 Å². The second kappa shape index (κ2) is 10.3. The van der Waals surface area contributed by atoms with Gasteiger partial charge in [-0.3, -0.25) is 4.79 Å². The fourth-order valence-corrected chi connectivity index (χ4v) is 2.88. The molecule has 6 heteroatoms. The normalized spacial score (nSPS) is 10.4. The van der Waals surface area contributed by atoms with Gasteiger partial charge in [0.1, 0.15) is 11.6 Å². The van der Waals surface area contributed by atoms with Crippen molar-refractivity contribution in [2.24, 2.45) is 0 Å². The Morgan fingerprint density at radius 3 is 2.25 bits per heavy atom. The van der Waals surface area contributed by atoms with E-state index in [1.165, 1.54) is 12.1 Å². The summed E-state index contributed by atoms with van der Waals surface area (Å²) >= 11 is 0. The highest BCUT2D eigenvalue weighted by Gasteiger charge is 2.21. The molecular formula is C22H26FN3O2. The van der Waals surface area contributed by atoms with E-state index < -0.39 is 0 Å². The predicted octanol–water partition coefficient (Wildman–Crippen LogP) is 4.39. The Morgan fingerprint density at radius 1 is 1.11 bits per heavy atom. The molecule has 0 aliphatic carbocycles. The largest absolute Gasteiger partial charge is 0.494 e. The molecule has 0 aliphatic heterocycles. The summed E-state index contributed by atoms with van der Waals surface area (Å²) < 4.78 is 18.7. The van der Waals surface area contributed by atoms with Crippen LogP contribution in [-0.2, 0) is 4.79 Å². The summed E-state index contributed by atoms with van der Waals surface area (Å²) in [5.74, 6) is 0.287. The maximum Gasteiger partial charge on any atom is 0.246 e. The van der Waals surface area contributed by atoms with E-state index in [4.69, 9.17) is 10.00 Å². The minimum atomic E-state index is -0.316. The van der Waals surface area contributed by atoms with Crippen molar-refractivity contribution in [3.05, 3.63) is 54.3 Å². The van der Waals surface area contributed by atoms with Gasteiger partial charge >= 0.3 is 0 Å². The SMILES string of the molecule is CCOc1ccc(N(CCC#N)C(=O)CN(c2ccc(F)cc2)C(C)C)cc1. The van der Waals surface area contributed by atoms with Crippen LogP contribution in [0.5, 0.6) is 5.75 Å². The summed E-state index contributed by atoms with van der Waals surface area (Å²) in [6.45, 7) is 6.87. The molecule has 0 aromatic heterocycles. The number of ether oxygens (including phenoxy) is 1. The zero-order chi connectivity index (χ0) is 20.5. The van der Waals surface area contributed by atoms with Crippen LogP contribution in [0.1, 0.15) is 27.2 Å². The Kier molecular flexibility index (Phi) is 7.82. The van der Waals surface area contributed by atoms with Gasteiger partial charge in [-0.25, -0.2) is 4.39 Å². The first kappa shape index (κ1) is 21.2. The number of amides is 1. The molecule has 0 saturated heterocycles. The third-order valence-corrected chi connectivity index (χ3v) is 4.29. The molecule has 0 fully saturated rings. The number of halogens is 1. The number of hydrogen-bond acceptors (Lipinski definition) is 4. The van der Waals surface area contributed by atoms with Gasteiger partial charge in [0.25, 0.3) is 0 Å². The summed E-state index contributed by atoms with van der Waals surface area (Å²) in [5, 5.41) is 8.98. The smallest absolute Gasteiger partial charge is 0.246 e. The van der Waals surface area contributed by atoms with Gasteiger partial charge < -0.3 is 14.5 Å².